The number of carbonyl (C=O) groups is 2. The molecule has 1 atom stereocenters. The zero-order valence-corrected chi connectivity index (χ0v) is 13.2. The number of hydrogen-bond acceptors (Lipinski definition) is 3. The van der Waals surface area contributed by atoms with E-state index in [1.807, 2.05) is 37.3 Å². The molecule has 1 saturated heterocycles. The lowest BCUT2D eigenvalue weighted by Gasteiger charge is -2.32. The number of halogens is 1. The summed E-state index contributed by atoms with van der Waals surface area (Å²) in [5.74, 6) is -0.0337. The highest BCUT2D eigenvalue weighted by molar-refractivity contribution is 5.97. The first-order valence-corrected chi connectivity index (χ1v) is 6.97. The van der Waals surface area contributed by atoms with E-state index in [1.54, 1.807) is 16.8 Å². The smallest absolute Gasteiger partial charge is 0.240 e. The minimum Gasteiger partial charge on any atom is -0.340 e. The maximum Gasteiger partial charge on any atom is 0.240 e. The second kappa shape index (κ2) is 8.00. The Kier molecular flexibility index (Phi) is 6.65. The number of piperazine rings is 1. The van der Waals surface area contributed by atoms with Crippen LogP contribution in [0.25, 0.3) is 0 Å². The molecule has 0 aromatic heterocycles. The molecule has 1 aromatic carbocycles. The number of nitrogens with one attached hydrogen (secondary N) is 1. The van der Waals surface area contributed by atoms with E-state index in [4.69, 9.17) is 0 Å². The minimum absolute atomic E-state index is 0. The number of hydrogen-bond donors (Lipinski definition) is 1. The summed E-state index contributed by atoms with van der Waals surface area (Å²) >= 11 is 0. The lowest BCUT2D eigenvalue weighted by Crippen LogP contribution is -2.56. The van der Waals surface area contributed by atoms with Gasteiger partial charge in [-0.15, -0.1) is 12.4 Å². The lowest BCUT2D eigenvalue weighted by atomic mass is 10.1. The molecule has 116 valence electrons. The SMILES string of the molecule is CCN1CCNC(CC(=O)N(C)c2ccccc2)C1=O.Cl. The van der Waals surface area contributed by atoms with Crippen molar-refractivity contribution in [3.05, 3.63) is 30.3 Å². The fraction of sp³-hybridized carbons (Fsp3) is 0.467. The first-order chi connectivity index (χ1) is 9.63. The fourth-order valence-electron chi connectivity index (χ4n) is 2.37. The number of likely N-dealkylation sites (N-methyl/N-ethyl adjacent to an activating group) is 1. The van der Waals surface area contributed by atoms with Crippen LogP contribution in [0, 0.1) is 0 Å². The molecule has 2 amide bonds. The van der Waals surface area contributed by atoms with E-state index in [0.717, 1.165) is 12.2 Å². The number of para-hydroxylation sites is 1. The van der Waals surface area contributed by atoms with Gasteiger partial charge in [-0.1, -0.05) is 18.2 Å². The molecule has 21 heavy (non-hydrogen) atoms. The zero-order chi connectivity index (χ0) is 14.5. The van der Waals surface area contributed by atoms with Crippen LogP contribution in [0.4, 0.5) is 5.69 Å². The Morgan fingerprint density at radius 3 is 2.67 bits per heavy atom. The molecule has 2 rings (SSSR count). The molecule has 0 saturated carbocycles. The van der Waals surface area contributed by atoms with Crippen molar-refractivity contribution >= 4 is 29.9 Å². The highest BCUT2D eigenvalue weighted by atomic mass is 35.5. The summed E-state index contributed by atoms with van der Waals surface area (Å²) in [6.07, 6.45) is 0.195. The van der Waals surface area contributed by atoms with Crippen molar-refractivity contribution in [2.45, 2.75) is 19.4 Å². The van der Waals surface area contributed by atoms with E-state index < -0.39 is 6.04 Å². The van der Waals surface area contributed by atoms with Crippen LogP contribution >= 0.6 is 12.4 Å². The number of nitrogens with zero attached hydrogens (tertiary/aromatic N) is 2. The van der Waals surface area contributed by atoms with Crippen molar-refractivity contribution < 1.29 is 9.59 Å². The Hall–Kier alpha value is -1.59. The number of amides is 2. The van der Waals surface area contributed by atoms with Crippen molar-refractivity contribution in [3.8, 4) is 0 Å². The van der Waals surface area contributed by atoms with E-state index >= 15 is 0 Å². The molecule has 1 aromatic rings. The molecular formula is C15H22ClN3O2. The quantitative estimate of drug-likeness (QED) is 0.911. The topological polar surface area (TPSA) is 52.7 Å². The van der Waals surface area contributed by atoms with Crippen LogP contribution in [0.5, 0.6) is 0 Å². The van der Waals surface area contributed by atoms with Crippen LogP contribution < -0.4 is 10.2 Å². The lowest BCUT2D eigenvalue weighted by molar-refractivity contribution is -0.137. The van der Waals surface area contributed by atoms with Crippen molar-refractivity contribution in [3.63, 3.8) is 0 Å². The number of anilines is 1. The van der Waals surface area contributed by atoms with Gasteiger partial charge in [0.15, 0.2) is 0 Å². The summed E-state index contributed by atoms with van der Waals surface area (Å²) in [5, 5.41) is 3.13. The van der Waals surface area contributed by atoms with Crippen molar-refractivity contribution in [1.29, 1.82) is 0 Å². The van der Waals surface area contributed by atoms with Crippen LogP contribution in [0.15, 0.2) is 30.3 Å². The molecule has 1 heterocycles. The number of benzene rings is 1. The Bertz CT molecular complexity index is 481. The standard InChI is InChI=1S/C15H21N3O2.ClH/c1-3-18-10-9-16-13(15(18)20)11-14(19)17(2)12-7-5-4-6-8-12;/h4-8,13,16H,3,9-11H2,1-2H3;1H. The Labute approximate surface area is 131 Å². The number of rotatable bonds is 4. The summed E-state index contributed by atoms with van der Waals surface area (Å²) in [4.78, 5) is 27.8. The first-order valence-electron chi connectivity index (χ1n) is 6.97. The summed E-state index contributed by atoms with van der Waals surface area (Å²) in [6.45, 7) is 4.11. The summed E-state index contributed by atoms with van der Waals surface area (Å²) < 4.78 is 0. The van der Waals surface area contributed by atoms with Crippen LogP contribution in [-0.4, -0.2) is 49.4 Å². The maximum atomic E-state index is 12.3. The molecule has 0 bridgehead atoms. The predicted molar refractivity (Wildman–Crippen MR) is 85.8 cm³/mol. The van der Waals surface area contributed by atoms with Gasteiger partial charge in [0.25, 0.3) is 0 Å². The van der Waals surface area contributed by atoms with Gasteiger partial charge in [0.1, 0.15) is 0 Å². The van der Waals surface area contributed by atoms with E-state index in [9.17, 15) is 9.59 Å². The molecule has 1 fully saturated rings. The van der Waals surface area contributed by atoms with Gasteiger partial charge in [0.05, 0.1) is 12.5 Å². The molecule has 6 heteroatoms. The minimum atomic E-state index is -0.401. The Morgan fingerprint density at radius 1 is 1.38 bits per heavy atom. The van der Waals surface area contributed by atoms with Crippen LogP contribution in [-0.2, 0) is 9.59 Å². The van der Waals surface area contributed by atoms with Gasteiger partial charge < -0.3 is 15.1 Å². The third kappa shape index (κ3) is 4.19. The van der Waals surface area contributed by atoms with Crippen LogP contribution in [0.2, 0.25) is 0 Å². The largest absolute Gasteiger partial charge is 0.340 e. The second-order valence-electron chi connectivity index (χ2n) is 4.92. The van der Waals surface area contributed by atoms with Gasteiger partial charge in [0.2, 0.25) is 11.8 Å². The van der Waals surface area contributed by atoms with Gasteiger partial charge in [-0.05, 0) is 19.1 Å². The van der Waals surface area contributed by atoms with E-state index in [0.29, 0.717) is 13.1 Å². The van der Waals surface area contributed by atoms with Gasteiger partial charge >= 0.3 is 0 Å². The summed E-state index contributed by atoms with van der Waals surface area (Å²) in [6, 6.07) is 9.05. The maximum absolute atomic E-state index is 12.3. The van der Waals surface area contributed by atoms with E-state index in [-0.39, 0.29) is 30.6 Å². The van der Waals surface area contributed by atoms with Crippen molar-refractivity contribution in [2.75, 3.05) is 31.6 Å². The highest BCUT2D eigenvalue weighted by Crippen LogP contribution is 2.14. The number of carbonyl (C=O) groups excluding carboxylic acids is 2. The Morgan fingerprint density at radius 2 is 2.05 bits per heavy atom. The van der Waals surface area contributed by atoms with Gasteiger partial charge in [-0.3, -0.25) is 9.59 Å². The molecular weight excluding hydrogens is 290 g/mol. The second-order valence-corrected chi connectivity index (χ2v) is 4.92. The Balaban J connectivity index is 0.00000220. The zero-order valence-electron chi connectivity index (χ0n) is 12.4. The molecule has 0 spiro atoms. The fourth-order valence-corrected chi connectivity index (χ4v) is 2.37. The average molecular weight is 312 g/mol. The molecule has 0 radical (unpaired) electrons. The normalized spacial score (nSPS) is 18.1. The third-order valence-electron chi connectivity index (χ3n) is 3.66. The average Bonchev–Trinajstić information content (AvgIpc) is 2.49. The summed E-state index contributed by atoms with van der Waals surface area (Å²) in [7, 11) is 1.74. The van der Waals surface area contributed by atoms with Gasteiger partial charge in [-0.25, -0.2) is 0 Å². The van der Waals surface area contributed by atoms with Crippen molar-refractivity contribution in [2.24, 2.45) is 0 Å². The highest BCUT2D eigenvalue weighted by Gasteiger charge is 2.30. The molecule has 5 nitrogen and oxygen atoms in total. The molecule has 1 aliphatic rings. The van der Waals surface area contributed by atoms with Gasteiger partial charge in [0, 0.05) is 32.4 Å². The predicted octanol–water partition coefficient (Wildman–Crippen LogP) is 1.28. The van der Waals surface area contributed by atoms with Crippen molar-refractivity contribution in [1.82, 2.24) is 10.2 Å². The molecule has 1 unspecified atom stereocenters. The third-order valence-corrected chi connectivity index (χ3v) is 3.66. The monoisotopic (exact) mass is 311 g/mol. The molecule has 1 aliphatic heterocycles. The summed E-state index contributed by atoms with van der Waals surface area (Å²) in [5.41, 5.74) is 0.841. The molecule has 0 aliphatic carbocycles. The van der Waals surface area contributed by atoms with E-state index in [1.165, 1.54) is 0 Å². The first kappa shape index (κ1) is 17.5. The van der Waals surface area contributed by atoms with Crippen LogP contribution in [0.1, 0.15) is 13.3 Å². The van der Waals surface area contributed by atoms with Gasteiger partial charge in [-0.2, -0.15) is 0 Å². The van der Waals surface area contributed by atoms with Crippen LogP contribution in [0.3, 0.4) is 0 Å². The molecule has 1 N–H and O–H groups in total. The van der Waals surface area contributed by atoms with E-state index in [2.05, 4.69) is 5.32 Å².